The van der Waals surface area contributed by atoms with Crippen LogP contribution in [0.1, 0.15) is 12.8 Å². The Balaban J connectivity index is 1.72. The first-order chi connectivity index (χ1) is 9.74. The van der Waals surface area contributed by atoms with Gasteiger partial charge in [0.1, 0.15) is 5.82 Å². The fourth-order valence-corrected chi connectivity index (χ4v) is 3.21. The number of benzene rings is 1. The van der Waals surface area contributed by atoms with E-state index in [0.717, 1.165) is 41.7 Å². The van der Waals surface area contributed by atoms with Crippen molar-refractivity contribution < 1.29 is 9.13 Å². The van der Waals surface area contributed by atoms with E-state index in [0.29, 0.717) is 6.10 Å². The van der Waals surface area contributed by atoms with Gasteiger partial charge in [-0.05, 0) is 37.1 Å². The zero-order valence-electron chi connectivity index (χ0n) is 11.3. The van der Waals surface area contributed by atoms with Gasteiger partial charge in [-0.2, -0.15) is 0 Å². The van der Waals surface area contributed by atoms with Crippen molar-refractivity contribution in [2.45, 2.75) is 24.1 Å². The number of ether oxygens (including phenoxy) is 1. The van der Waals surface area contributed by atoms with Crippen LogP contribution in [0.5, 0.6) is 0 Å². The molecule has 106 valence electrons. The van der Waals surface area contributed by atoms with Crippen molar-refractivity contribution in [3.63, 3.8) is 0 Å². The van der Waals surface area contributed by atoms with Gasteiger partial charge in [0.15, 0.2) is 11.0 Å². The minimum absolute atomic E-state index is 0.246. The standard InChI is InChI=1S/C14H16FN3OS/c1-18-13(10-4-6-11(15)7-5-10)16-17-14(18)20-9-12-3-2-8-19-12/h4-7,12H,2-3,8-9H2,1H3. The van der Waals surface area contributed by atoms with Gasteiger partial charge >= 0.3 is 0 Å². The molecule has 20 heavy (non-hydrogen) atoms. The van der Waals surface area contributed by atoms with Crippen LogP contribution in [0.2, 0.25) is 0 Å². The zero-order valence-corrected chi connectivity index (χ0v) is 12.1. The minimum Gasteiger partial charge on any atom is -0.377 e. The van der Waals surface area contributed by atoms with E-state index in [1.165, 1.54) is 12.1 Å². The molecule has 2 aromatic rings. The quantitative estimate of drug-likeness (QED) is 0.813. The number of aromatic nitrogens is 3. The SMILES string of the molecule is Cn1c(SCC2CCCO2)nnc1-c1ccc(F)cc1. The average molecular weight is 293 g/mol. The largest absolute Gasteiger partial charge is 0.377 e. The molecular weight excluding hydrogens is 277 g/mol. The lowest BCUT2D eigenvalue weighted by Gasteiger charge is -2.08. The molecule has 1 atom stereocenters. The van der Waals surface area contributed by atoms with Crippen LogP contribution in [0.4, 0.5) is 4.39 Å². The molecule has 1 aliphatic heterocycles. The van der Waals surface area contributed by atoms with Crippen LogP contribution in [0.25, 0.3) is 11.4 Å². The molecule has 4 nitrogen and oxygen atoms in total. The molecule has 3 rings (SSSR count). The molecule has 0 spiro atoms. The maximum atomic E-state index is 12.9. The van der Waals surface area contributed by atoms with Crippen LogP contribution in [0.3, 0.4) is 0 Å². The predicted molar refractivity (Wildman–Crippen MR) is 76.1 cm³/mol. The molecule has 1 unspecified atom stereocenters. The summed E-state index contributed by atoms with van der Waals surface area (Å²) in [6.07, 6.45) is 2.59. The van der Waals surface area contributed by atoms with Gasteiger partial charge in [0.2, 0.25) is 0 Å². The molecule has 6 heteroatoms. The second-order valence-electron chi connectivity index (χ2n) is 4.82. The van der Waals surface area contributed by atoms with E-state index in [1.54, 1.807) is 23.9 Å². The molecule has 1 aromatic carbocycles. The number of rotatable bonds is 4. The summed E-state index contributed by atoms with van der Waals surface area (Å²) < 4.78 is 20.5. The monoisotopic (exact) mass is 293 g/mol. The van der Waals surface area contributed by atoms with Crippen molar-refractivity contribution in [2.75, 3.05) is 12.4 Å². The summed E-state index contributed by atoms with van der Waals surface area (Å²) in [4.78, 5) is 0. The third-order valence-corrected chi connectivity index (χ3v) is 4.51. The molecule has 1 saturated heterocycles. The zero-order chi connectivity index (χ0) is 13.9. The molecule has 0 amide bonds. The summed E-state index contributed by atoms with van der Waals surface area (Å²) in [5.41, 5.74) is 0.866. The van der Waals surface area contributed by atoms with E-state index in [2.05, 4.69) is 10.2 Å². The average Bonchev–Trinajstić information content (AvgIpc) is 3.08. The number of halogens is 1. The fraction of sp³-hybridized carbons (Fsp3) is 0.429. The van der Waals surface area contributed by atoms with Crippen molar-refractivity contribution >= 4 is 11.8 Å². The highest BCUT2D eigenvalue weighted by Crippen LogP contribution is 2.25. The lowest BCUT2D eigenvalue weighted by atomic mass is 10.2. The number of hydrogen-bond donors (Lipinski definition) is 0. The Morgan fingerprint density at radius 1 is 1.35 bits per heavy atom. The molecule has 0 bridgehead atoms. The van der Waals surface area contributed by atoms with Gasteiger partial charge in [0.05, 0.1) is 6.10 Å². The maximum Gasteiger partial charge on any atom is 0.191 e. The normalized spacial score (nSPS) is 18.6. The van der Waals surface area contributed by atoms with Crippen LogP contribution in [-0.4, -0.2) is 33.2 Å². The van der Waals surface area contributed by atoms with Gasteiger partial charge in [0, 0.05) is 25.0 Å². The third-order valence-electron chi connectivity index (χ3n) is 3.36. The minimum atomic E-state index is -0.246. The second kappa shape index (κ2) is 5.93. The van der Waals surface area contributed by atoms with E-state index < -0.39 is 0 Å². The molecule has 1 fully saturated rings. The highest BCUT2D eigenvalue weighted by molar-refractivity contribution is 7.99. The van der Waals surface area contributed by atoms with Crippen molar-refractivity contribution in [3.05, 3.63) is 30.1 Å². The summed E-state index contributed by atoms with van der Waals surface area (Å²) in [5.74, 6) is 1.40. The van der Waals surface area contributed by atoms with E-state index >= 15 is 0 Å². The number of thioether (sulfide) groups is 1. The molecule has 0 aliphatic carbocycles. The van der Waals surface area contributed by atoms with E-state index in [-0.39, 0.29) is 5.82 Å². The van der Waals surface area contributed by atoms with E-state index in [9.17, 15) is 4.39 Å². The molecule has 0 radical (unpaired) electrons. The first-order valence-electron chi connectivity index (χ1n) is 6.64. The first kappa shape index (κ1) is 13.6. The summed E-state index contributed by atoms with van der Waals surface area (Å²) >= 11 is 1.65. The van der Waals surface area contributed by atoms with Crippen LogP contribution in [0, 0.1) is 5.82 Å². The topological polar surface area (TPSA) is 39.9 Å². The van der Waals surface area contributed by atoms with Crippen molar-refractivity contribution in [3.8, 4) is 11.4 Å². The fourth-order valence-electron chi connectivity index (χ4n) is 2.23. The Bertz CT molecular complexity index is 579. The number of hydrogen-bond acceptors (Lipinski definition) is 4. The molecular formula is C14H16FN3OS. The Morgan fingerprint density at radius 3 is 2.85 bits per heavy atom. The van der Waals surface area contributed by atoms with Crippen LogP contribution < -0.4 is 0 Å². The van der Waals surface area contributed by atoms with Gasteiger partial charge in [-0.15, -0.1) is 10.2 Å². The lowest BCUT2D eigenvalue weighted by molar-refractivity contribution is 0.129. The van der Waals surface area contributed by atoms with Gasteiger partial charge in [-0.25, -0.2) is 4.39 Å². The smallest absolute Gasteiger partial charge is 0.191 e. The molecule has 1 aliphatic rings. The van der Waals surface area contributed by atoms with E-state index in [4.69, 9.17) is 4.74 Å². The Kier molecular flexibility index (Phi) is 4.03. The highest BCUT2D eigenvalue weighted by atomic mass is 32.2. The van der Waals surface area contributed by atoms with E-state index in [1.807, 2.05) is 11.6 Å². The summed E-state index contributed by atoms with van der Waals surface area (Å²) in [5, 5.41) is 9.25. The maximum absolute atomic E-state index is 12.9. The third kappa shape index (κ3) is 2.86. The van der Waals surface area contributed by atoms with Crippen LogP contribution in [0.15, 0.2) is 29.4 Å². The van der Waals surface area contributed by atoms with Crippen molar-refractivity contribution in [1.29, 1.82) is 0 Å². The predicted octanol–water partition coefficient (Wildman–Crippen LogP) is 2.89. The Labute approximate surface area is 121 Å². The molecule has 1 aromatic heterocycles. The van der Waals surface area contributed by atoms with Gasteiger partial charge < -0.3 is 9.30 Å². The lowest BCUT2D eigenvalue weighted by Crippen LogP contribution is -2.08. The Morgan fingerprint density at radius 2 is 2.15 bits per heavy atom. The molecule has 0 saturated carbocycles. The molecule has 0 N–H and O–H groups in total. The summed E-state index contributed by atoms with van der Waals surface area (Å²) in [6, 6.07) is 6.30. The Hall–Kier alpha value is -1.40. The first-order valence-corrected chi connectivity index (χ1v) is 7.62. The van der Waals surface area contributed by atoms with Gasteiger partial charge in [-0.1, -0.05) is 11.8 Å². The second-order valence-corrected chi connectivity index (χ2v) is 5.81. The van der Waals surface area contributed by atoms with Crippen LogP contribution in [-0.2, 0) is 11.8 Å². The van der Waals surface area contributed by atoms with Crippen LogP contribution >= 0.6 is 11.8 Å². The van der Waals surface area contributed by atoms with Crippen molar-refractivity contribution in [1.82, 2.24) is 14.8 Å². The summed E-state index contributed by atoms with van der Waals surface area (Å²) in [6.45, 7) is 0.866. The van der Waals surface area contributed by atoms with Gasteiger partial charge in [0.25, 0.3) is 0 Å². The van der Waals surface area contributed by atoms with Gasteiger partial charge in [-0.3, -0.25) is 0 Å². The molecule has 2 heterocycles. The summed E-state index contributed by atoms with van der Waals surface area (Å²) in [7, 11) is 1.93. The number of nitrogens with zero attached hydrogens (tertiary/aromatic N) is 3. The highest BCUT2D eigenvalue weighted by Gasteiger charge is 2.18. The van der Waals surface area contributed by atoms with Crippen molar-refractivity contribution in [2.24, 2.45) is 7.05 Å².